The van der Waals surface area contributed by atoms with Crippen molar-refractivity contribution in [2.45, 2.75) is 43.8 Å². The number of ether oxygens (including phenoxy) is 1. The van der Waals surface area contributed by atoms with Crippen molar-refractivity contribution in [3.63, 3.8) is 0 Å². The first-order valence-electron chi connectivity index (χ1n) is 17.4. The van der Waals surface area contributed by atoms with Gasteiger partial charge in [0, 0.05) is 91.7 Å². The lowest BCUT2D eigenvalue weighted by Gasteiger charge is -2.46. The van der Waals surface area contributed by atoms with Gasteiger partial charge in [-0.1, -0.05) is 29.8 Å². The predicted octanol–water partition coefficient (Wildman–Crippen LogP) is 5.26. The Bertz CT molecular complexity index is 2090. The van der Waals surface area contributed by atoms with Gasteiger partial charge in [0.2, 0.25) is 11.8 Å². The molecule has 2 atom stereocenters. The van der Waals surface area contributed by atoms with E-state index in [-0.39, 0.29) is 30.9 Å². The summed E-state index contributed by atoms with van der Waals surface area (Å²) < 4.78 is 54.2. The first-order chi connectivity index (χ1) is 24.9. The summed E-state index contributed by atoms with van der Waals surface area (Å²) in [5.41, 5.74) is 2.81. The van der Waals surface area contributed by atoms with Crippen LogP contribution in [-0.4, -0.2) is 90.6 Å². The number of hydrogen-bond donors (Lipinski definition) is 2. The Balaban J connectivity index is 0.983. The van der Waals surface area contributed by atoms with Crippen LogP contribution >= 0.6 is 11.6 Å². The lowest BCUT2D eigenvalue weighted by Crippen LogP contribution is -2.61. The Labute approximate surface area is 304 Å². The van der Waals surface area contributed by atoms with Crippen LogP contribution in [-0.2, 0) is 23.2 Å². The first-order valence-corrected chi connectivity index (χ1v) is 17.7. The topological polar surface area (TPSA) is 99.2 Å². The van der Waals surface area contributed by atoms with Crippen molar-refractivity contribution in [1.29, 1.82) is 0 Å². The van der Waals surface area contributed by atoms with Gasteiger partial charge in [-0.3, -0.25) is 29.5 Å². The van der Waals surface area contributed by atoms with Crippen LogP contribution < -0.4 is 25.8 Å². The number of fused-ring (bicyclic) bond motifs is 1. The molecule has 3 saturated heterocycles. The highest BCUT2D eigenvalue weighted by molar-refractivity contribution is 6.34. The summed E-state index contributed by atoms with van der Waals surface area (Å²) in [7, 11) is 3.22. The molecule has 3 aromatic carbocycles. The molecule has 3 fully saturated rings. The number of carbonyl (C=O) groups is 2. The van der Waals surface area contributed by atoms with E-state index < -0.39 is 36.3 Å². The van der Waals surface area contributed by atoms with Crippen LogP contribution in [0.15, 0.2) is 65.6 Å². The van der Waals surface area contributed by atoms with Crippen LogP contribution in [0.5, 0.6) is 5.75 Å². The number of benzene rings is 3. The summed E-state index contributed by atoms with van der Waals surface area (Å²) in [6, 6.07) is 13.9. The number of carbonyl (C=O) groups excluding carboxylic acids is 2. The number of pyridine rings is 1. The molecule has 7 rings (SSSR count). The number of aromatic nitrogens is 1. The van der Waals surface area contributed by atoms with E-state index in [4.69, 9.17) is 16.3 Å². The fourth-order valence-corrected chi connectivity index (χ4v) is 8.02. The van der Waals surface area contributed by atoms with Crippen molar-refractivity contribution in [1.82, 2.24) is 19.7 Å². The van der Waals surface area contributed by atoms with E-state index in [0.717, 1.165) is 10.9 Å². The third kappa shape index (κ3) is 7.09. The van der Waals surface area contributed by atoms with E-state index in [2.05, 4.69) is 10.6 Å². The van der Waals surface area contributed by atoms with Crippen LogP contribution in [0.2, 0.25) is 5.02 Å². The van der Waals surface area contributed by atoms with Gasteiger partial charge in [-0.2, -0.15) is 0 Å². The normalized spacial score (nSPS) is 21.3. The minimum absolute atomic E-state index is 0.118. The molecule has 3 aliphatic rings. The van der Waals surface area contributed by atoms with Crippen molar-refractivity contribution in [3.05, 3.63) is 87.6 Å². The summed E-state index contributed by atoms with van der Waals surface area (Å²) in [6.07, 6.45) is 2.54. The Hall–Kier alpha value is -4.59. The van der Waals surface area contributed by atoms with Gasteiger partial charge >= 0.3 is 0 Å². The van der Waals surface area contributed by atoms with Gasteiger partial charge in [0.15, 0.2) is 0 Å². The Morgan fingerprint density at radius 2 is 1.71 bits per heavy atom. The minimum Gasteiger partial charge on any atom is -0.496 e. The summed E-state index contributed by atoms with van der Waals surface area (Å²) in [5, 5.41) is 7.01. The second-order valence-corrected chi connectivity index (χ2v) is 14.2. The van der Waals surface area contributed by atoms with Gasteiger partial charge in [0.05, 0.1) is 25.4 Å². The van der Waals surface area contributed by atoms with Gasteiger partial charge in [0.1, 0.15) is 17.6 Å². The SMILES string of the molecule is COc1cc(-c2cn(C)c(=O)c3ccccc23)c(Cl)cc1CN1CCC(N2CCN(c3ccc(NC4CCC(=O)NC4=O)cc3F)CC2)C(F)(F)C1. The maximum atomic E-state index is 15.8. The summed E-state index contributed by atoms with van der Waals surface area (Å²) in [6.45, 7) is 1.75. The number of alkyl halides is 2. The number of anilines is 2. The average molecular weight is 737 g/mol. The van der Waals surface area contributed by atoms with Crippen LogP contribution in [0.4, 0.5) is 24.5 Å². The lowest BCUT2D eigenvalue weighted by atomic mass is 9.96. The molecule has 2 unspecified atom stereocenters. The van der Waals surface area contributed by atoms with Crippen LogP contribution in [0.3, 0.4) is 0 Å². The lowest BCUT2D eigenvalue weighted by molar-refractivity contribution is -0.133. The van der Waals surface area contributed by atoms with Crippen molar-refractivity contribution in [2.75, 3.05) is 56.6 Å². The molecular weight excluding hydrogens is 697 g/mol. The second kappa shape index (κ2) is 14.4. The zero-order chi connectivity index (χ0) is 36.7. The Morgan fingerprint density at radius 1 is 0.962 bits per heavy atom. The number of methoxy groups -OCH3 is 1. The molecule has 1 aromatic heterocycles. The van der Waals surface area contributed by atoms with Crippen molar-refractivity contribution in [3.8, 4) is 16.9 Å². The van der Waals surface area contributed by atoms with E-state index in [9.17, 15) is 14.4 Å². The van der Waals surface area contributed by atoms with Gasteiger partial charge in [-0.25, -0.2) is 13.2 Å². The third-order valence-electron chi connectivity index (χ3n) is 10.4. The summed E-state index contributed by atoms with van der Waals surface area (Å²) in [5.74, 6) is -3.71. The minimum atomic E-state index is -2.99. The number of piperazine rings is 1. The van der Waals surface area contributed by atoms with Crippen molar-refractivity contribution < 1.29 is 27.5 Å². The molecule has 0 aliphatic carbocycles. The molecular formula is C38H40ClF3N6O4. The zero-order valence-corrected chi connectivity index (χ0v) is 29.7. The highest BCUT2D eigenvalue weighted by atomic mass is 35.5. The molecule has 0 bridgehead atoms. The van der Waals surface area contributed by atoms with Crippen LogP contribution in [0, 0.1) is 5.82 Å². The van der Waals surface area contributed by atoms with Gasteiger partial charge in [0.25, 0.3) is 11.5 Å². The molecule has 2 amide bonds. The molecule has 0 saturated carbocycles. The molecule has 3 aliphatic heterocycles. The van der Waals surface area contributed by atoms with Gasteiger partial charge < -0.3 is 19.5 Å². The summed E-state index contributed by atoms with van der Waals surface area (Å²) in [4.78, 5) is 41.6. The fourth-order valence-electron chi connectivity index (χ4n) is 7.73. The second-order valence-electron chi connectivity index (χ2n) is 13.8. The number of piperidine rings is 2. The third-order valence-corrected chi connectivity index (χ3v) is 10.7. The molecule has 0 spiro atoms. The average Bonchev–Trinajstić information content (AvgIpc) is 3.11. The number of likely N-dealkylation sites (tertiary alicyclic amines) is 1. The first kappa shape index (κ1) is 35.8. The number of rotatable bonds is 8. The van der Waals surface area contributed by atoms with Crippen LogP contribution in [0.25, 0.3) is 21.9 Å². The quantitative estimate of drug-likeness (QED) is 0.237. The number of halogens is 4. The Morgan fingerprint density at radius 3 is 2.40 bits per heavy atom. The largest absolute Gasteiger partial charge is 0.496 e. The van der Waals surface area contributed by atoms with Crippen molar-refractivity contribution >= 4 is 45.6 Å². The highest BCUT2D eigenvalue weighted by Crippen LogP contribution is 2.39. The molecule has 2 N–H and O–H groups in total. The number of aryl methyl sites for hydroxylation is 1. The van der Waals surface area contributed by atoms with Gasteiger partial charge in [-0.05, 0) is 54.6 Å². The van der Waals surface area contributed by atoms with E-state index >= 15 is 13.2 Å². The number of hydrogen-bond acceptors (Lipinski definition) is 8. The molecule has 4 aromatic rings. The van der Waals surface area contributed by atoms with E-state index in [1.165, 1.54) is 17.7 Å². The maximum Gasteiger partial charge on any atom is 0.275 e. The molecule has 14 heteroatoms. The van der Waals surface area contributed by atoms with Crippen molar-refractivity contribution in [2.24, 2.45) is 7.05 Å². The van der Waals surface area contributed by atoms with Crippen LogP contribution in [0.1, 0.15) is 24.8 Å². The number of amides is 2. The predicted molar refractivity (Wildman–Crippen MR) is 195 cm³/mol. The molecule has 52 heavy (non-hydrogen) atoms. The highest BCUT2D eigenvalue weighted by Gasteiger charge is 2.48. The zero-order valence-electron chi connectivity index (χ0n) is 28.9. The van der Waals surface area contributed by atoms with E-state index in [1.807, 2.05) is 28.0 Å². The van der Waals surface area contributed by atoms with Gasteiger partial charge in [-0.15, -0.1) is 0 Å². The summed E-state index contributed by atoms with van der Waals surface area (Å²) >= 11 is 6.83. The number of nitrogens with zero attached hydrogens (tertiary/aromatic N) is 4. The standard InChI is InChI=1S/C38H40ClF3N6O4/c1-45-21-28(25-5-3-4-6-26(25)37(45)51)27-19-33(52-2)23(17-29(27)39)20-46-12-11-34(38(41,42)22-46)48-15-13-47(14-16-48)32-9-7-24(18-30(32)40)43-31-8-10-35(49)44-36(31)50/h3-7,9,17-19,21,31,34,43H,8,10-16,20,22H2,1-2H3,(H,44,49,50). The fraction of sp³-hybridized carbons (Fsp3) is 0.395. The monoisotopic (exact) mass is 736 g/mol. The smallest absolute Gasteiger partial charge is 0.275 e. The number of nitrogens with one attached hydrogen (secondary N) is 2. The maximum absolute atomic E-state index is 15.8. The molecule has 10 nitrogen and oxygen atoms in total. The molecule has 4 heterocycles. The van der Waals surface area contributed by atoms with E-state index in [1.54, 1.807) is 48.5 Å². The number of imide groups is 1. The Kier molecular flexibility index (Phi) is 9.94. The van der Waals surface area contributed by atoms with E-state index in [0.29, 0.717) is 77.8 Å². The molecule has 274 valence electrons. The molecule has 0 radical (unpaired) electrons.